The van der Waals surface area contributed by atoms with Gasteiger partial charge in [-0.3, -0.25) is 0 Å². The summed E-state index contributed by atoms with van der Waals surface area (Å²) >= 11 is 0. The lowest BCUT2D eigenvalue weighted by Gasteiger charge is -2.12. The first-order valence-corrected chi connectivity index (χ1v) is 3.95. The van der Waals surface area contributed by atoms with Crippen LogP contribution in [0.3, 0.4) is 0 Å². The van der Waals surface area contributed by atoms with E-state index in [9.17, 15) is 5.11 Å². The summed E-state index contributed by atoms with van der Waals surface area (Å²) in [6.07, 6.45) is -0.900. The molecule has 1 aromatic heterocycles. The molecule has 0 aliphatic rings. The fourth-order valence-corrected chi connectivity index (χ4v) is 0.884. The van der Waals surface area contributed by atoms with Gasteiger partial charge in [0, 0.05) is 0 Å². The van der Waals surface area contributed by atoms with Crippen molar-refractivity contribution < 1.29 is 10.2 Å². The normalized spacial score (nSPS) is 14.4. The van der Waals surface area contributed by atoms with E-state index in [2.05, 4.69) is 9.97 Å². The van der Waals surface area contributed by atoms with Gasteiger partial charge in [0.25, 0.3) is 0 Å². The van der Waals surface area contributed by atoms with E-state index in [0.29, 0.717) is 0 Å². The lowest BCUT2D eigenvalue weighted by atomic mass is 10.2. The summed E-state index contributed by atoms with van der Waals surface area (Å²) in [5, 5.41) is 27.1. The van der Waals surface area contributed by atoms with E-state index in [0.717, 1.165) is 0 Å². The largest absolute Gasteiger partial charge is 0.390 e. The van der Waals surface area contributed by atoms with Crippen LogP contribution in [0.5, 0.6) is 0 Å². The van der Waals surface area contributed by atoms with Crippen molar-refractivity contribution >= 4 is 5.82 Å². The zero-order chi connectivity index (χ0) is 10.7. The molecule has 74 valence electrons. The molecule has 0 spiro atoms. The Hall–Kier alpha value is -1.71. The van der Waals surface area contributed by atoms with Crippen molar-refractivity contribution in [2.45, 2.75) is 19.1 Å². The van der Waals surface area contributed by atoms with Crippen LogP contribution in [0.2, 0.25) is 0 Å². The monoisotopic (exact) mass is 194 g/mol. The number of hydrogen-bond donors (Lipinski definition) is 3. The summed E-state index contributed by atoms with van der Waals surface area (Å²) in [5.74, 6) is 0.00837. The second kappa shape index (κ2) is 4.00. The molecule has 0 unspecified atom stereocenters. The Kier molecular flexibility index (Phi) is 2.96. The first-order chi connectivity index (χ1) is 6.56. The minimum absolute atomic E-state index is 0.00837. The second-order valence-electron chi connectivity index (χ2n) is 2.83. The Labute approximate surface area is 80.7 Å². The highest BCUT2D eigenvalue weighted by atomic mass is 16.3. The molecule has 4 N–H and O–H groups in total. The number of nitrogens with two attached hydrogens (primary N) is 1. The van der Waals surface area contributed by atoms with Gasteiger partial charge in [0.15, 0.2) is 11.5 Å². The Morgan fingerprint density at radius 2 is 2.21 bits per heavy atom. The number of hydrogen-bond acceptors (Lipinski definition) is 6. The van der Waals surface area contributed by atoms with Crippen molar-refractivity contribution in [1.82, 2.24) is 9.97 Å². The summed E-state index contributed by atoms with van der Waals surface area (Å²) in [6.45, 7) is 1.41. The third-order valence-electron chi connectivity index (χ3n) is 1.69. The quantitative estimate of drug-likeness (QED) is 0.575. The fourth-order valence-electron chi connectivity index (χ4n) is 0.884. The first-order valence-electron chi connectivity index (χ1n) is 3.95. The Morgan fingerprint density at radius 3 is 2.71 bits per heavy atom. The molecule has 0 bridgehead atoms. The molecule has 0 aromatic carbocycles. The van der Waals surface area contributed by atoms with E-state index >= 15 is 0 Å². The van der Waals surface area contributed by atoms with Gasteiger partial charge in [0.2, 0.25) is 0 Å². The number of nitrogens with zero attached hydrogens (tertiary/aromatic N) is 3. The molecule has 0 aliphatic heterocycles. The summed E-state index contributed by atoms with van der Waals surface area (Å²) in [7, 11) is 0. The smallest absolute Gasteiger partial charge is 0.183 e. The molecule has 0 amide bonds. The van der Waals surface area contributed by atoms with E-state index < -0.39 is 12.2 Å². The molecule has 2 atom stereocenters. The van der Waals surface area contributed by atoms with Gasteiger partial charge < -0.3 is 15.9 Å². The van der Waals surface area contributed by atoms with E-state index in [-0.39, 0.29) is 17.2 Å². The van der Waals surface area contributed by atoms with Crippen LogP contribution in [0.1, 0.15) is 24.4 Å². The maximum Gasteiger partial charge on any atom is 0.183 e. The number of aliphatic hydroxyl groups excluding tert-OH is 2. The third-order valence-corrected chi connectivity index (χ3v) is 1.69. The predicted molar refractivity (Wildman–Crippen MR) is 47.8 cm³/mol. The van der Waals surface area contributed by atoms with E-state index in [1.165, 1.54) is 13.1 Å². The van der Waals surface area contributed by atoms with Gasteiger partial charge in [-0.2, -0.15) is 5.26 Å². The lowest BCUT2D eigenvalue weighted by molar-refractivity contribution is 0.0276. The van der Waals surface area contributed by atoms with Crippen LogP contribution in [-0.2, 0) is 0 Å². The van der Waals surface area contributed by atoms with Crippen molar-refractivity contribution in [3.8, 4) is 6.07 Å². The predicted octanol–water partition coefficient (Wildman–Crippen LogP) is -0.655. The number of nitriles is 1. The molecule has 1 heterocycles. The Morgan fingerprint density at radius 1 is 1.57 bits per heavy atom. The van der Waals surface area contributed by atoms with Crippen molar-refractivity contribution in [2.24, 2.45) is 0 Å². The van der Waals surface area contributed by atoms with Crippen LogP contribution < -0.4 is 5.73 Å². The van der Waals surface area contributed by atoms with Crippen LogP contribution in [0, 0.1) is 11.3 Å². The van der Waals surface area contributed by atoms with Crippen molar-refractivity contribution in [3.63, 3.8) is 0 Å². The molecule has 0 saturated carbocycles. The minimum atomic E-state index is -1.16. The van der Waals surface area contributed by atoms with Gasteiger partial charge in [0.1, 0.15) is 12.2 Å². The highest BCUT2D eigenvalue weighted by Crippen LogP contribution is 2.15. The van der Waals surface area contributed by atoms with Gasteiger partial charge >= 0.3 is 0 Å². The molecule has 0 aliphatic carbocycles. The highest BCUT2D eigenvalue weighted by molar-refractivity contribution is 5.43. The SMILES string of the molecule is C[C@H](O)[C@H](O)c1cnc(N)c(C#N)n1. The number of anilines is 1. The van der Waals surface area contributed by atoms with Crippen LogP contribution in [0.4, 0.5) is 5.82 Å². The van der Waals surface area contributed by atoms with Crippen molar-refractivity contribution in [3.05, 3.63) is 17.6 Å². The molecular formula is C8H10N4O2. The van der Waals surface area contributed by atoms with E-state index in [4.69, 9.17) is 16.1 Å². The summed E-state index contributed by atoms with van der Waals surface area (Å²) in [4.78, 5) is 7.43. The lowest BCUT2D eigenvalue weighted by Crippen LogP contribution is -2.16. The maximum atomic E-state index is 9.41. The van der Waals surface area contributed by atoms with Gasteiger partial charge in [-0.1, -0.05) is 0 Å². The van der Waals surface area contributed by atoms with Gasteiger partial charge in [0.05, 0.1) is 18.0 Å². The fraction of sp³-hybridized carbons (Fsp3) is 0.375. The molecule has 14 heavy (non-hydrogen) atoms. The summed E-state index contributed by atoms with van der Waals surface area (Å²) < 4.78 is 0. The first kappa shape index (κ1) is 10.4. The Balaban J connectivity index is 3.08. The van der Waals surface area contributed by atoms with E-state index in [1.54, 1.807) is 6.07 Å². The molecule has 1 rings (SSSR count). The van der Waals surface area contributed by atoms with Crippen LogP contribution >= 0.6 is 0 Å². The third kappa shape index (κ3) is 1.96. The average Bonchev–Trinajstić information content (AvgIpc) is 2.17. The summed E-state index contributed by atoms with van der Waals surface area (Å²) in [6, 6.07) is 1.74. The highest BCUT2D eigenvalue weighted by Gasteiger charge is 2.16. The zero-order valence-electron chi connectivity index (χ0n) is 7.55. The van der Waals surface area contributed by atoms with Gasteiger partial charge in [-0.05, 0) is 6.92 Å². The minimum Gasteiger partial charge on any atom is -0.390 e. The standard InChI is InChI=1S/C8H10N4O2/c1-4(13)7(14)6-3-11-8(10)5(2-9)12-6/h3-4,7,13-14H,1H3,(H2,10,11)/t4-,7-/m0/s1. The number of nitrogen functional groups attached to an aromatic ring is 1. The molecule has 0 saturated heterocycles. The average molecular weight is 194 g/mol. The molecule has 1 aromatic rings. The summed E-state index contributed by atoms with van der Waals surface area (Å²) in [5.41, 5.74) is 5.41. The molecular weight excluding hydrogens is 184 g/mol. The molecule has 0 fully saturated rings. The number of aliphatic hydroxyl groups is 2. The second-order valence-corrected chi connectivity index (χ2v) is 2.83. The van der Waals surface area contributed by atoms with Crippen LogP contribution in [0.25, 0.3) is 0 Å². The van der Waals surface area contributed by atoms with E-state index in [1.807, 2.05) is 0 Å². The topological polar surface area (TPSA) is 116 Å². The Bertz CT molecular complexity index is 372. The zero-order valence-corrected chi connectivity index (χ0v) is 7.55. The van der Waals surface area contributed by atoms with Crippen molar-refractivity contribution in [2.75, 3.05) is 5.73 Å². The number of aromatic nitrogens is 2. The molecule has 0 radical (unpaired) electrons. The van der Waals surface area contributed by atoms with Crippen LogP contribution in [0.15, 0.2) is 6.20 Å². The maximum absolute atomic E-state index is 9.41. The van der Waals surface area contributed by atoms with Gasteiger partial charge in [-0.25, -0.2) is 9.97 Å². The molecule has 6 nitrogen and oxygen atoms in total. The van der Waals surface area contributed by atoms with Gasteiger partial charge in [-0.15, -0.1) is 0 Å². The number of rotatable bonds is 2. The molecule has 6 heteroatoms. The van der Waals surface area contributed by atoms with Crippen LogP contribution in [-0.4, -0.2) is 26.3 Å². The van der Waals surface area contributed by atoms with Crippen molar-refractivity contribution in [1.29, 1.82) is 5.26 Å².